The van der Waals surface area contributed by atoms with E-state index in [0.29, 0.717) is 40.4 Å². The molecule has 154 valence electrons. The summed E-state index contributed by atoms with van der Waals surface area (Å²) in [6, 6.07) is 16.2. The molecule has 0 radical (unpaired) electrons. The number of carbonyl (C=O) groups is 1. The lowest BCUT2D eigenvalue weighted by atomic mass is 10.2. The summed E-state index contributed by atoms with van der Waals surface area (Å²) >= 11 is 7.65. The minimum atomic E-state index is -0.171. The Morgan fingerprint density at radius 2 is 2.00 bits per heavy atom. The maximum absolute atomic E-state index is 12.3. The third kappa shape index (κ3) is 5.60. The van der Waals surface area contributed by atoms with Crippen molar-refractivity contribution in [2.45, 2.75) is 18.1 Å². The smallest absolute Gasteiger partial charge is 0.234 e. The third-order valence-corrected chi connectivity index (χ3v) is 5.49. The predicted molar refractivity (Wildman–Crippen MR) is 117 cm³/mol. The number of aromatic nitrogens is 3. The van der Waals surface area contributed by atoms with Crippen molar-refractivity contribution in [1.82, 2.24) is 14.8 Å². The zero-order valence-corrected chi connectivity index (χ0v) is 17.9. The Kier molecular flexibility index (Phi) is 7.85. The maximum Gasteiger partial charge on any atom is 0.234 e. The Morgan fingerprint density at radius 1 is 1.23 bits per heavy atom. The van der Waals surface area contributed by atoms with E-state index in [2.05, 4.69) is 15.5 Å². The van der Waals surface area contributed by atoms with E-state index in [9.17, 15) is 4.79 Å². The fraction of sp³-hybridized carbons (Fsp3) is 0.238. The van der Waals surface area contributed by atoms with E-state index in [-0.39, 0.29) is 11.7 Å². The van der Waals surface area contributed by atoms with E-state index in [1.807, 2.05) is 34.9 Å². The number of methoxy groups -OCH3 is 1. The van der Waals surface area contributed by atoms with Crippen molar-refractivity contribution in [2.24, 2.45) is 0 Å². The van der Waals surface area contributed by atoms with Gasteiger partial charge >= 0.3 is 0 Å². The van der Waals surface area contributed by atoms with Gasteiger partial charge in [0, 0.05) is 31.5 Å². The molecule has 1 N–H and O–H groups in total. The molecular formula is C21H20ClN5O2S. The number of rotatable bonds is 9. The van der Waals surface area contributed by atoms with E-state index in [1.54, 1.807) is 31.4 Å². The van der Waals surface area contributed by atoms with Crippen molar-refractivity contribution in [2.75, 3.05) is 24.8 Å². The molecule has 0 spiro atoms. The van der Waals surface area contributed by atoms with Gasteiger partial charge < -0.3 is 14.6 Å². The fourth-order valence-corrected chi connectivity index (χ4v) is 3.75. The first kappa shape index (κ1) is 21.8. The molecule has 0 aliphatic rings. The second kappa shape index (κ2) is 10.8. The number of hydrogen-bond donors (Lipinski definition) is 1. The van der Waals surface area contributed by atoms with Crippen LogP contribution in [0, 0.1) is 11.3 Å². The fourth-order valence-electron chi connectivity index (χ4n) is 2.76. The van der Waals surface area contributed by atoms with E-state index in [4.69, 9.17) is 21.6 Å². The Hall–Kier alpha value is -2.86. The van der Waals surface area contributed by atoms with Crippen LogP contribution in [0.5, 0.6) is 0 Å². The number of nitrogens with one attached hydrogen (secondary N) is 1. The van der Waals surface area contributed by atoms with Gasteiger partial charge in [-0.15, -0.1) is 10.2 Å². The summed E-state index contributed by atoms with van der Waals surface area (Å²) in [6.45, 7) is 1.24. The summed E-state index contributed by atoms with van der Waals surface area (Å²) in [6.07, 6.45) is 0.775. The van der Waals surface area contributed by atoms with Gasteiger partial charge in [-0.2, -0.15) is 5.26 Å². The number of halogens is 1. The summed E-state index contributed by atoms with van der Waals surface area (Å²) in [7, 11) is 1.66. The molecule has 0 saturated heterocycles. The van der Waals surface area contributed by atoms with Gasteiger partial charge in [-0.3, -0.25) is 4.79 Å². The number of ether oxygens (including phenoxy) is 1. The molecule has 1 aromatic heterocycles. The van der Waals surface area contributed by atoms with Gasteiger partial charge in [0.05, 0.1) is 22.4 Å². The third-order valence-electron chi connectivity index (χ3n) is 4.19. The van der Waals surface area contributed by atoms with Gasteiger partial charge in [-0.25, -0.2) is 0 Å². The molecule has 0 atom stereocenters. The molecule has 30 heavy (non-hydrogen) atoms. The van der Waals surface area contributed by atoms with Crippen molar-refractivity contribution in [3.8, 4) is 17.5 Å². The predicted octanol–water partition coefficient (Wildman–Crippen LogP) is 4.24. The molecule has 1 heterocycles. The highest BCUT2D eigenvalue weighted by molar-refractivity contribution is 7.99. The number of carbonyl (C=O) groups excluding carboxylic acids is 1. The largest absolute Gasteiger partial charge is 0.385 e. The van der Waals surface area contributed by atoms with Gasteiger partial charge in [0.15, 0.2) is 11.0 Å². The van der Waals surface area contributed by atoms with Gasteiger partial charge in [0.2, 0.25) is 5.91 Å². The molecule has 0 fully saturated rings. The van der Waals surface area contributed by atoms with Crippen LogP contribution in [0.4, 0.5) is 5.69 Å². The summed E-state index contributed by atoms with van der Waals surface area (Å²) in [5.74, 6) is 0.660. The topological polar surface area (TPSA) is 92.8 Å². The minimum Gasteiger partial charge on any atom is -0.385 e. The molecule has 7 nitrogen and oxygen atoms in total. The lowest BCUT2D eigenvalue weighted by Gasteiger charge is -2.11. The van der Waals surface area contributed by atoms with Crippen molar-refractivity contribution < 1.29 is 9.53 Å². The van der Waals surface area contributed by atoms with Crippen molar-refractivity contribution in [3.05, 3.63) is 59.1 Å². The zero-order valence-electron chi connectivity index (χ0n) is 16.3. The molecule has 0 aliphatic carbocycles. The number of anilines is 1. The maximum atomic E-state index is 12.3. The Bertz CT molecular complexity index is 1050. The van der Waals surface area contributed by atoms with E-state index >= 15 is 0 Å². The van der Waals surface area contributed by atoms with Crippen LogP contribution >= 0.6 is 23.4 Å². The molecular weight excluding hydrogens is 422 g/mol. The number of hydrogen-bond acceptors (Lipinski definition) is 6. The van der Waals surface area contributed by atoms with E-state index < -0.39 is 0 Å². The first-order valence-corrected chi connectivity index (χ1v) is 10.6. The number of nitrogens with zero attached hydrogens (tertiary/aromatic N) is 4. The Labute approximate surface area is 184 Å². The van der Waals surface area contributed by atoms with Crippen LogP contribution in [0.1, 0.15) is 12.0 Å². The van der Waals surface area contributed by atoms with Gasteiger partial charge in [-0.05, 0) is 42.8 Å². The molecule has 2 aromatic carbocycles. The van der Waals surface area contributed by atoms with E-state index in [0.717, 1.165) is 12.0 Å². The van der Waals surface area contributed by atoms with Gasteiger partial charge in [0.25, 0.3) is 0 Å². The van der Waals surface area contributed by atoms with Crippen molar-refractivity contribution in [3.63, 3.8) is 0 Å². The van der Waals surface area contributed by atoms with Crippen LogP contribution in [0.25, 0.3) is 11.4 Å². The molecule has 0 bridgehead atoms. The number of thioether (sulfide) groups is 1. The lowest BCUT2D eigenvalue weighted by Crippen LogP contribution is -2.15. The second-order valence-corrected chi connectivity index (χ2v) is 7.66. The first-order valence-electron chi connectivity index (χ1n) is 9.22. The molecule has 3 rings (SSSR count). The molecule has 1 amide bonds. The first-order chi connectivity index (χ1) is 14.6. The minimum absolute atomic E-state index is 0.171. The number of benzene rings is 2. The summed E-state index contributed by atoms with van der Waals surface area (Å²) in [5.41, 5.74) is 1.97. The van der Waals surface area contributed by atoms with Crippen LogP contribution in [0.2, 0.25) is 5.02 Å². The Balaban J connectivity index is 1.72. The Morgan fingerprint density at radius 3 is 2.70 bits per heavy atom. The highest BCUT2D eigenvalue weighted by Gasteiger charge is 2.17. The molecule has 0 saturated carbocycles. The van der Waals surface area contributed by atoms with Gasteiger partial charge in [-0.1, -0.05) is 35.5 Å². The quantitative estimate of drug-likeness (QED) is 0.394. The van der Waals surface area contributed by atoms with Crippen molar-refractivity contribution >= 4 is 35.0 Å². The second-order valence-electron chi connectivity index (χ2n) is 6.31. The lowest BCUT2D eigenvalue weighted by molar-refractivity contribution is -0.113. The van der Waals surface area contributed by atoms with Crippen LogP contribution in [0.15, 0.2) is 53.7 Å². The number of amides is 1. The van der Waals surface area contributed by atoms with Crippen molar-refractivity contribution in [1.29, 1.82) is 5.26 Å². The normalized spacial score (nSPS) is 10.6. The van der Waals surface area contributed by atoms with Crippen LogP contribution in [-0.4, -0.2) is 40.1 Å². The van der Waals surface area contributed by atoms with Crippen LogP contribution in [0.3, 0.4) is 0 Å². The summed E-state index contributed by atoms with van der Waals surface area (Å²) in [5, 5.41) is 21.5. The molecule has 0 aliphatic heterocycles. The van der Waals surface area contributed by atoms with Crippen LogP contribution < -0.4 is 5.32 Å². The average molecular weight is 442 g/mol. The molecule has 0 unspecified atom stereocenters. The highest BCUT2D eigenvalue weighted by atomic mass is 35.5. The highest BCUT2D eigenvalue weighted by Crippen LogP contribution is 2.29. The number of nitriles is 1. The standard InChI is InChI=1S/C21H20ClN5O2S/c1-29-12-4-11-27-20(17-5-2-3-6-18(17)22)25-26-21(27)30-14-19(28)24-16-9-7-15(13-23)8-10-16/h2-3,5-10H,4,11-12,14H2,1H3,(H,24,28). The van der Waals surface area contributed by atoms with Gasteiger partial charge in [0.1, 0.15) is 0 Å². The zero-order chi connectivity index (χ0) is 21.3. The SMILES string of the molecule is COCCCn1c(SCC(=O)Nc2ccc(C#N)cc2)nnc1-c1ccccc1Cl. The average Bonchev–Trinajstić information content (AvgIpc) is 3.16. The summed E-state index contributed by atoms with van der Waals surface area (Å²) in [4.78, 5) is 12.3. The van der Waals surface area contributed by atoms with Crippen LogP contribution in [-0.2, 0) is 16.1 Å². The van der Waals surface area contributed by atoms with E-state index in [1.165, 1.54) is 11.8 Å². The molecule has 9 heteroatoms. The summed E-state index contributed by atoms with van der Waals surface area (Å²) < 4.78 is 7.12. The monoisotopic (exact) mass is 441 g/mol. The molecule has 3 aromatic rings.